The fourth-order valence-electron chi connectivity index (χ4n) is 2.29. The van der Waals surface area contributed by atoms with Crippen LogP contribution in [0.3, 0.4) is 0 Å². The van der Waals surface area contributed by atoms with Crippen molar-refractivity contribution >= 4 is 15.9 Å². The van der Waals surface area contributed by atoms with Crippen molar-refractivity contribution in [3.63, 3.8) is 0 Å². The Hall–Kier alpha value is -0.740. The molecule has 2 aliphatic heterocycles. The Kier molecular flexibility index (Phi) is 3.25. The second kappa shape index (κ2) is 4.86. The van der Waals surface area contributed by atoms with Crippen LogP contribution in [0.5, 0.6) is 11.5 Å². The summed E-state index contributed by atoms with van der Waals surface area (Å²) in [7, 11) is 0. The van der Waals surface area contributed by atoms with Gasteiger partial charge in [-0.15, -0.1) is 0 Å². The minimum Gasteiger partial charge on any atom is -0.486 e. The third-order valence-corrected chi connectivity index (χ3v) is 4.54. The maximum atomic E-state index is 5.60. The van der Waals surface area contributed by atoms with Gasteiger partial charge in [-0.3, -0.25) is 0 Å². The van der Waals surface area contributed by atoms with E-state index in [1.54, 1.807) is 0 Å². The lowest BCUT2D eigenvalue weighted by Gasteiger charge is -2.21. The number of ether oxygens (including phenoxy) is 3. The summed E-state index contributed by atoms with van der Waals surface area (Å²) in [4.78, 5) is 0.334. The molecule has 3 rings (SSSR count). The zero-order chi connectivity index (χ0) is 11.7. The van der Waals surface area contributed by atoms with Crippen molar-refractivity contribution in [2.24, 2.45) is 5.92 Å². The van der Waals surface area contributed by atoms with Gasteiger partial charge in [0.25, 0.3) is 0 Å². The smallest absolute Gasteiger partial charge is 0.161 e. The van der Waals surface area contributed by atoms with Crippen molar-refractivity contribution in [1.82, 2.24) is 0 Å². The van der Waals surface area contributed by atoms with E-state index in [2.05, 4.69) is 28.1 Å². The number of alkyl halides is 1. The molecule has 0 saturated carbocycles. The summed E-state index contributed by atoms with van der Waals surface area (Å²) in [5.74, 6) is 2.26. The van der Waals surface area contributed by atoms with E-state index in [-0.39, 0.29) is 0 Å². The Morgan fingerprint density at radius 1 is 1.12 bits per heavy atom. The highest BCUT2D eigenvalue weighted by Crippen LogP contribution is 2.40. The summed E-state index contributed by atoms with van der Waals surface area (Å²) < 4.78 is 16.5. The molecule has 3 nitrogen and oxygen atoms in total. The molecule has 0 aliphatic carbocycles. The molecule has 0 spiro atoms. The molecular weight excluding hydrogens is 284 g/mol. The van der Waals surface area contributed by atoms with Crippen LogP contribution in [0.15, 0.2) is 18.2 Å². The van der Waals surface area contributed by atoms with Crippen LogP contribution >= 0.6 is 15.9 Å². The highest BCUT2D eigenvalue weighted by Gasteiger charge is 2.26. The summed E-state index contributed by atoms with van der Waals surface area (Å²) >= 11 is 3.76. The first-order chi connectivity index (χ1) is 8.34. The Labute approximate surface area is 109 Å². The fraction of sp³-hybridized carbons (Fsp3) is 0.538. The molecular formula is C13H15BrO3. The molecule has 2 unspecified atom stereocenters. The zero-order valence-electron chi connectivity index (χ0n) is 9.52. The van der Waals surface area contributed by atoms with E-state index < -0.39 is 0 Å². The number of hydrogen-bond donors (Lipinski definition) is 0. The van der Waals surface area contributed by atoms with Gasteiger partial charge in [0.2, 0.25) is 0 Å². The maximum absolute atomic E-state index is 5.60. The predicted octanol–water partition coefficient (Wildman–Crippen LogP) is 2.93. The maximum Gasteiger partial charge on any atom is 0.161 e. The number of halogens is 1. The summed E-state index contributed by atoms with van der Waals surface area (Å²) in [6, 6.07) is 6.17. The molecule has 0 radical (unpaired) electrons. The topological polar surface area (TPSA) is 27.7 Å². The van der Waals surface area contributed by atoms with Gasteiger partial charge in [0.1, 0.15) is 13.2 Å². The van der Waals surface area contributed by atoms with Crippen LogP contribution in [0.1, 0.15) is 16.8 Å². The normalized spacial score (nSPS) is 24.6. The van der Waals surface area contributed by atoms with E-state index in [1.807, 2.05) is 6.07 Å². The molecule has 0 amide bonds. The second-order valence-electron chi connectivity index (χ2n) is 4.43. The van der Waals surface area contributed by atoms with Crippen molar-refractivity contribution < 1.29 is 14.2 Å². The Balaban J connectivity index is 1.82. The Morgan fingerprint density at radius 3 is 2.71 bits per heavy atom. The fourth-order valence-corrected chi connectivity index (χ4v) is 2.99. The molecule has 1 saturated heterocycles. The SMILES string of the molecule is BrC(c1ccc2c(c1)OCCO2)C1CCOC1. The van der Waals surface area contributed by atoms with Gasteiger partial charge in [0.05, 0.1) is 6.61 Å². The molecule has 0 aromatic heterocycles. The molecule has 2 aliphatic rings. The van der Waals surface area contributed by atoms with E-state index >= 15 is 0 Å². The highest BCUT2D eigenvalue weighted by atomic mass is 79.9. The van der Waals surface area contributed by atoms with Crippen LogP contribution in [-0.4, -0.2) is 26.4 Å². The van der Waals surface area contributed by atoms with Gasteiger partial charge >= 0.3 is 0 Å². The lowest BCUT2D eigenvalue weighted by Crippen LogP contribution is -2.16. The van der Waals surface area contributed by atoms with E-state index in [1.165, 1.54) is 5.56 Å². The van der Waals surface area contributed by atoms with Crippen LogP contribution in [0, 0.1) is 5.92 Å². The quantitative estimate of drug-likeness (QED) is 0.786. The Morgan fingerprint density at radius 2 is 1.94 bits per heavy atom. The third-order valence-electron chi connectivity index (χ3n) is 3.26. The van der Waals surface area contributed by atoms with Gasteiger partial charge in [0, 0.05) is 17.4 Å². The third kappa shape index (κ3) is 2.29. The first-order valence-electron chi connectivity index (χ1n) is 5.96. The van der Waals surface area contributed by atoms with Gasteiger partial charge in [-0.05, 0) is 24.1 Å². The first kappa shape index (κ1) is 11.4. The molecule has 17 heavy (non-hydrogen) atoms. The van der Waals surface area contributed by atoms with E-state index in [4.69, 9.17) is 14.2 Å². The monoisotopic (exact) mass is 298 g/mol. The molecule has 92 valence electrons. The van der Waals surface area contributed by atoms with Crippen LogP contribution in [0.25, 0.3) is 0 Å². The van der Waals surface area contributed by atoms with E-state index in [0.29, 0.717) is 24.0 Å². The minimum absolute atomic E-state index is 0.334. The lowest BCUT2D eigenvalue weighted by molar-refractivity contribution is 0.171. The zero-order valence-corrected chi connectivity index (χ0v) is 11.1. The summed E-state index contributed by atoms with van der Waals surface area (Å²) in [5, 5.41) is 0. The van der Waals surface area contributed by atoms with Crippen LogP contribution in [0.4, 0.5) is 0 Å². The van der Waals surface area contributed by atoms with Crippen molar-refractivity contribution in [3.05, 3.63) is 23.8 Å². The van der Waals surface area contributed by atoms with Gasteiger partial charge in [-0.25, -0.2) is 0 Å². The predicted molar refractivity (Wildman–Crippen MR) is 68.0 cm³/mol. The largest absolute Gasteiger partial charge is 0.486 e. The molecule has 1 aromatic carbocycles. The highest BCUT2D eigenvalue weighted by molar-refractivity contribution is 9.09. The van der Waals surface area contributed by atoms with Crippen LogP contribution in [-0.2, 0) is 4.74 Å². The van der Waals surface area contributed by atoms with Gasteiger partial charge in [-0.1, -0.05) is 22.0 Å². The molecule has 2 atom stereocenters. The van der Waals surface area contributed by atoms with Gasteiger partial charge < -0.3 is 14.2 Å². The summed E-state index contributed by atoms with van der Waals surface area (Å²) in [5.41, 5.74) is 1.24. The number of hydrogen-bond acceptors (Lipinski definition) is 3. The molecule has 2 heterocycles. The number of rotatable bonds is 2. The molecule has 1 fully saturated rings. The number of fused-ring (bicyclic) bond motifs is 1. The average Bonchev–Trinajstić information content (AvgIpc) is 2.91. The lowest BCUT2D eigenvalue weighted by atomic mass is 9.98. The Bertz CT molecular complexity index is 402. The van der Waals surface area contributed by atoms with Crippen molar-refractivity contribution in [1.29, 1.82) is 0 Å². The molecule has 1 aromatic rings. The molecule has 0 bridgehead atoms. The first-order valence-corrected chi connectivity index (χ1v) is 6.87. The van der Waals surface area contributed by atoms with Gasteiger partial charge in [-0.2, -0.15) is 0 Å². The standard InChI is InChI=1S/C13H15BrO3/c14-13(10-3-4-15-8-10)9-1-2-11-12(7-9)17-6-5-16-11/h1-2,7,10,13H,3-6,8H2. The molecule has 0 N–H and O–H groups in total. The van der Waals surface area contributed by atoms with Crippen molar-refractivity contribution in [3.8, 4) is 11.5 Å². The van der Waals surface area contributed by atoms with E-state index in [9.17, 15) is 0 Å². The van der Waals surface area contributed by atoms with Crippen LogP contribution < -0.4 is 9.47 Å². The summed E-state index contributed by atoms with van der Waals surface area (Å²) in [6.07, 6.45) is 1.12. The number of benzene rings is 1. The van der Waals surface area contributed by atoms with Crippen molar-refractivity contribution in [2.45, 2.75) is 11.2 Å². The summed E-state index contributed by atoms with van der Waals surface area (Å²) in [6.45, 7) is 2.98. The van der Waals surface area contributed by atoms with E-state index in [0.717, 1.165) is 31.1 Å². The van der Waals surface area contributed by atoms with Crippen LogP contribution in [0.2, 0.25) is 0 Å². The second-order valence-corrected chi connectivity index (χ2v) is 5.42. The minimum atomic E-state index is 0.334. The van der Waals surface area contributed by atoms with Crippen molar-refractivity contribution in [2.75, 3.05) is 26.4 Å². The van der Waals surface area contributed by atoms with Gasteiger partial charge in [0.15, 0.2) is 11.5 Å². The average molecular weight is 299 g/mol. The molecule has 4 heteroatoms.